The van der Waals surface area contributed by atoms with Crippen molar-refractivity contribution in [2.45, 2.75) is 45.1 Å². The van der Waals surface area contributed by atoms with E-state index in [1.165, 1.54) is 12.3 Å². The molecule has 0 radical (unpaired) electrons. The molecule has 5 rings (SSSR count). The molecular weight excluding hydrogens is 427 g/mol. The topological polar surface area (TPSA) is 106 Å². The fourth-order valence-electron chi connectivity index (χ4n) is 4.85. The second kappa shape index (κ2) is 8.31. The van der Waals surface area contributed by atoms with Gasteiger partial charge in [-0.3, -0.25) is 19.6 Å². The molecule has 2 N–H and O–H groups in total. The highest BCUT2D eigenvalue weighted by atomic mass is 19.1. The molecule has 2 amide bonds. The molecule has 1 saturated carbocycles. The Labute approximate surface area is 188 Å². The van der Waals surface area contributed by atoms with Gasteiger partial charge in [0, 0.05) is 29.3 Å². The van der Waals surface area contributed by atoms with Gasteiger partial charge in [-0.1, -0.05) is 18.9 Å². The summed E-state index contributed by atoms with van der Waals surface area (Å²) in [6.45, 7) is 2.52. The lowest BCUT2D eigenvalue weighted by Crippen LogP contribution is -2.21. The maximum absolute atomic E-state index is 14.7. The summed E-state index contributed by atoms with van der Waals surface area (Å²) in [5.41, 5.74) is 1.83. The van der Waals surface area contributed by atoms with Crippen molar-refractivity contribution in [3.63, 3.8) is 0 Å². The van der Waals surface area contributed by atoms with Crippen molar-refractivity contribution in [2.75, 3.05) is 0 Å². The van der Waals surface area contributed by atoms with Gasteiger partial charge in [-0.15, -0.1) is 0 Å². The molecule has 1 aliphatic carbocycles. The summed E-state index contributed by atoms with van der Waals surface area (Å²) >= 11 is 0. The number of allylic oxidation sites excluding steroid dienone is 1. The highest BCUT2D eigenvalue weighted by Crippen LogP contribution is 2.38. The Bertz CT molecular complexity index is 1350. The fraction of sp³-hybridized carbons (Fsp3) is 0.333. The lowest BCUT2D eigenvalue weighted by atomic mass is 9.84. The second-order valence-corrected chi connectivity index (χ2v) is 8.45. The third-order valence-corrected chi connectivity index (χ3v) is 6.50. The molecule has 1 unspecified atom stereocenters. The number of imide groups is 1. The number of aromatic nitrogens is 3. The van der Waals surface area contributed by atoms with E-state index in [-0.39, 0.29) is 23.2 Å². The number of carbonyl (C=O) groups is 2. The molecule has 0 spiro atoms. The average molecular weight is 450 g/mol. The number of H-pyrrole nitrogens is 1. The van der Waals surface area contributed by atoms with Crippen molar-refractivity contribution in [3.8, 4) is 11.3 Å². The standard InChI is InChI=1S/C24H23FN4O4/c1-2-29-20-10-14(9-18(25)17(20)12-26-29)19-8-7-15(22(30)27-19)16(13-5-3-4-6-13)11-21-23(31)28-24(32)33-21/h7-13,16H,2-6H2,1H3,(H,27,30)(H,28,31,32)/b21-11-. The van der Waals surface area contributed by atoms with Crippen molar-refractivity contribution < 1.29 is 18.7 Å². The minimum Gasteiger partial charge on any atom is -0.404 e. The van der Waals surface area contributed by atoms with Crippen LogP contribution in [0.4, 0.5) is 9.18 Å². The molecule has 1 aliphatic heterocycles. The molecular formula is C24H23FN4O4. The Morgan fingerprint density at radius 2 is 2.03 bits per heavy atom. The Balaban J connectivity index is 1.55. The summed E-state index contributed by atoms with van der Waals surface area (Å²) in [4.78, 5) is 39.4. The van der Waals surface area contributed by atoms with Gasteiger partial charge < -0.3 is 9.72 Å². The van der Waals surface area contributed by atoms with Crippen molar-refractivity contribution in [2.24, 2.45) is 5.92 Å². The molecule has 2 fully saturated rings. The lowest BCUT2D eigenvalue weighted by Gasteiger charge is -2.20. The van der Waals surface area contributed by atoms with Crippen LogP contribution in [0.5, 0.6) is 0 Å². The smallest absolute Gasteiger partial charge is 0.404 e. The van der Waals surface area contributed by atoms with Crippen LogP contribution in [0.1, 0.15) is 44.1 Å². The monoisotopic (exact) mass is 450 g/mol. The lowest BCUT2D eigenvalue weighted by molar-refractivity contribution is -0.116. The van der Waals surface area contributed by atoms with Crippen LogP contribution in [0, 0.1) is 11.7 Å². The largest absolute Gasteiger partial charge is 0.419 e. The number of nitrogens with zero attached hydrogens (tertiary/aromatic N) is 2. The van der Waals surface area contributed by atoms with Gasteiger partial charge in [-0.2, -0.15) is 5.10 Å². The van der Waals surface area contributed by atoms with Crippen LogP contribution in [0.3, 0.4) is 0 Å². The highest BCUT2D eigenvalue weighted by molar-refractivity contribution is 6.07. The predicted octanol–water partition coefficient (Wildman–Crippen LogP) is 3.97. The van der Waals surface area contributed by atoms with E-state index in [0.29, 0.717) is 34.3 Å². The molecule has 3 heterocycles. The number of pyridine rings is 1. The fourth-order valence-corrected chi connectivity index (χ4v) is 4.85. The number of rotatable bonds is 5. The van der Waals surface area contributed by atoms with Gasteiger partial charge >= 0.3 is 6.09 Å². The molecule has 9 heteroatoms. The highest BCUT2D eigenvalue weighted by Gasteiger charge is 2.32. The van der Waals surface area contributed by atoms with E-state index in [0.717, 1.165) is 25.7 Å². The summed E-state index contributed by atoms with van der Waals surface area (Å²) in [7, 11) is 0. The first-order valence-electron chi connectivity index (χ1n) is 11.1. The van der Waals surface area contributed by atoms with Gasteiger partial charge in [-0.25, -0.2) is 9.18 Å². The summed E-state index contributed by atoms with van der Waals surface area (Å²) in [5, 5.41) is 6.72. The van der Waals surface area contributed by atoms with E-state index in [4.69, 9.17) is 4.74 Å². The number of aryl methyl sites for hydroxylation is 1. The van der Waals surface area contributed by atoms with Crippen LogP contribution in [0.2, 0.25) is 0 Å². The summed E-state index contributed by atoms with van der Waals surface area (Å²) in [5.74, 6) is -1.32. The van der Waals surface area contributed by atoms with Crippen molar-refractivity contribution in [3.05, 3.63) is 64.0 Å². The molecule has 1 atom stereocenters. The van der Waals surface area contributed by atoms with Crippen LogP contribution < -0.4 is 10.9 Å². The van der Waals surface area contributed by atoms with Crippen LogP contribution in [0.25, 0.3) is 22.2 Å². The molecule has 2 aromatic heterocycles. The number of carbonyl (C=O) groups excluding carboxylic acids is 2. The van der Waals surface area contributed by atoms with Crippen LogP contribution >= 0.6 is 0 Å². The number of benzene rings is 1. The zero-order chi connectivity index (χ0) is 23.1. The normalized spacial score (nSPS) is 18.8. The van der Waals surface area contributed by atoms with Gasteiger partial charge in [0.1, 0.15) is 5.82 Å². The molecule has 0 bridgehead atoms. The Kier molecular flexibility index (Phi) is 5.32. The van der Waals surface area contributed by atoms with Gasteiger partial charge in [0.25, 0.3) is 11.5 Å². The summed E-state index contributed by atoms with van der Waals surface area (Å²) < 4.78 is 21.3. The molecule has 2 aliphatic rings. The third-order valence-electron chi connectivity index (χ3n) is 6.50. The quantitative estimate of drug-likeness (QED) is 0.572. The summed E-state index contributed by atoms with van der Waals surface area (Å²) in [6.07, 6.45) is 6.15. The van der Waals surface area contributed by atoms with Crippen LogP contribution in [-0.4, -0.2) is 26.8 Å². The minimum atomic E-state index is -0.815. The number of cyclic esters (lactones) is 1. The van der Waals surface area contributed by atoms with Crippen molar-refractivity contribution in [1.82, 2.24) is 20.1 Å². The van der Waals surface area contributed by atoms with Crippen molar-refractivity contribution >= 4 is 22.9 Å². The van der Waals surface area contributed by atoms with Crippen LogP contribution in [0.15, 0.2) is 47.1 Å². The number of hydrogen-bond acceptors (Lipinski definition) is 5. The summed E-state index contributed by atoms with van der Waals surface area (Å²) in [6, 6.07) is 6.64. The molecule has 3 aromatic rings. The maximum atomic E-state index is 14.7. The van der Waals surface area contributed by atoms with Gasteiger partial charge in [0.15, 0.2) is 5.76 Å². The van der Waals surface area contributed by atoms with Gasteiger partial charge in [0.2, 0.25) is 0 Å². The van der Waals surface area contributed by atoms with Crippen LogP contribution in [-0.2, 0) is 16.1 Å². The van der Waals surface area contributed by atoms with E-state index in [9.17, 15) is 18.8 Å². The number of aromatic amines is 1. The number of fused-ring (bicyclic) bond motifs is 1. The van der Waals surface area contributed by atoms with E-state index in [1.807, 2.05) is 6.92 Å². The number of nitrogens with one attached hydrogen (secondary N) is 2. The Morgan fingerprint density at radius 3 is 2.70 bits per heavy atom. The molecule has 1 aromatic carbocycles. The number of ether oxygens (including phenoxy) is 1. The van der Waals surface area contributed by atoms with Crippen molar-refractivity contribution in [1.29, 1.82) is 0 Å². The van der Waals surface area contributed by atoms with Gasteiger partial charge in [0.05, 0.1) is 17.1 Å². The van der Waals surface area contributed by atoms with E-state index in [1.54, 1.807) is 29.0 Å². The first-order chi connectivity index (χ1) is 15.9. The van der Waals surface area contributed by atoms with Gasteiger partial charge in [-0.05, 0) is 50.0 Å². The SMILES string of the molecule is CCn1ncc2c(F)cc(-c3ccc(C(/C=C4\OC(=O)NC4=O)C4CCCC4)c(=O)[nH]3)cc21. The minimum absolute atomic E-state index is 0.0827. The Morgan fingerprint density at radius 1 is 1.24 bits per heavy atom. The molecule has 8 nitrogen and oxygen atoms in total. The number of halogens is 1. The molecule has 1 saturated heterocycles. The zero-order valence-corrected chi connectivity index (χ0v) is 18.1. The van der Waals surface area contributed by atoms with E-state index in [2.05, 4.69) is 15.4 Å². The Hall–Kier alpha value is -3.75. The van der Waals surface area contributed by atoms with E-state index < -0.39 is 17.8 Å². The second-order valence-electron chi connectivity index (χ2n) is 8.45. The number of hydrogen-bond donors (Lipinski definition) is 2. The van der Waals surface area contributed by atoms with E-state index >= 15 is 0 Å². The molecule has 33 heavy (non-hydrogen) atoms. The molecule has 170 valence electrons. The maximum Gasteiger partial charge on any atom is 0.419 e. The average Bonchev–Trinajstić information content (AvgIpc) is 3.52. The number of alkyl carbamates (subject to hydrolysis) is 1. The first kappa shape index (κ1) is 21.1. The predicted molar refractivity (Wildman–Crippen MR) is 119 cm³/mol. The number of amides is 2. The first-order valence-corrected chi connectivity index (χ1v) is 11.1. The third kappa shape index (κ3) is 3.83. The zero-order valence-electron chi connectivity index (χ0n) is 18.1.